The van der Waals surface area contributed by atoms with Gasteiger partial charge in [0.1, 0.15) is 4.47 Å². The van der Waals surface area contributed by atoms with Crippen LogP contribution in [0.2, 0.25) is 0 Å². The van der Waals surface area contributed by atoms with E-state index in [1.807, 2.05) is 0 Å². The van der Waals surface area contributed by atoms with Crippen molar-refractivity contribution in [1.29, 1.82) is 0 Å². The van der Waals surface area contributed by atoms with E-state index in [1.54, 1.807) is 20.8 Å². The second-order valence-corrected chi connectivity index (χ2v) is 4.27. The largest absolute Gasteiger partial charge is 0.250 e. The van der Waals surface area contributed by atoms with E-state index in [1.165, 1.54) is 0 Å². The highest BCUT2D eigenvalue weighted by atomic mass is 79.9. The van der Waals surface area contributed by atoms with Crippen LogP contribution in [0.3, 0.4) is 0 Å². The fourth-order valence-electron chi connectivity index (χ4n) is 0.798. The Morgan fingerprint density at radius 1 is 1.33 bits per heavy atom. The van der Waals surface area contributed by atoms with Crippen LogP contribution in [-0.4, -0.2) is 9.78 Å². The molecule has 0 atom stereocenters. The molecule has 0 saturated heterocycles. The van der Waals surface area contributed by atoms with E-state index in [-0.39, 0.29) is 4.47 Å². The van der Waals surface area contributed by atoms with Crippen LogP contribution in [0.4, 0.5) is 8.78 Å². The average Bonchev–Trinajstić information content (AvgIpc) is 2.15. The molecular formula is C7H9BrF2N2. The van der Waals surface area contributed by atoms with E-state index in [9.17, 15) is 8.78 Å². The van der Waals surface area contributed by atoms with Crippen molar-refractivity contribution in [2.24, 2.45) is 0 Å². The third-order valence-electron chi connectivity index (χ3n) is 1.37. The lowest BCUT2D eigenvalue weighted by Gasteiger charge is -2.18. The Kier molecular flexibility index (Phi) is 2.25. The van der Waals surface area contributed by atoms with Crippen LogP contribution < -0.4 is 0 Å². The predicted molar refractivity (Wildman–Crippen MR) is 44.8 cm³/mol. The van der Waals surface area contributed by atoms with Crippen LogP contribution in [0.15, 0.2) is 4.47 Å². The van der Waals surface area contributed by atoms with Gasteiger partial charge in [-0.1, -0.05) is 0 Å². The molecular weight excluding hydrogens is 230 g/mol. The molecule has 5 heteroatoms. The van der Waals surface area contributed by atoms with E-state index in [2.05, 4.69) is 21.0 Å². The van der Waals surface area contributed by atoms with Crippen LogP contribution in [0, 0.1) is 11.9 Å². The summed E-state index contributed by atoms with van der Waals surface area (Å²) in [5.74, 6) is -1.50. The Morgan fingerprint density at radius 2 is 1.83 bits per heavy atom. The van der Waals surface area contributed by atoms with Gasteiger partial charge in [-0.2, -0.15) is 8.78 Å². The lowest BCUT2D eigenvalue weighted by atomic mass is 10.1. The van der Waals surface area contributed by atoms with E-state index in [0.29, 0.717) is 0 Å². The van der Waals surface area contributed by atoms with Crippen LogP contribution in [0.25, 0.3) is 0 Å². The number of hydrogen-bond acceptors (Lipinski definition) is 1. The zero-order chi connectivity index (χ0) is 9.52. The average molecular weight is 239 g/mol. The van der Waals surface area contributed by atoms with Gasteiger partial charge < -0.3 is 0 Å². The van der Waals surface area contributed by atoms with Gasteiger partial charge in [-0.3, -0.25) is 0 Å². The molecule has 0 aliphatic rings. The quantitative estimate of drug-likeness (QED) is 0.680. The summed E-state index contributed by atoms with van der Waals surface area (Å²) in [6, 6.07) is 0. The molecule has 0 fully saturated rings. The van der Waals surface area contributed by atoms with Gasteiger partial charge in [0.25, 0.3) is 0 Å². The third-order valence-corrected chi connectivity index (χ3v) is 2.03. The summed E-state index contributed by atoms with van der Waals surface area (Å²) in [4.78, 5) is 0. The van der Waals surface area contributed by atoms with Gasteiger partial charge in [-0.05, 0) is 36.7 Å². The molecule has 0 N–H and O–H groups in total. The van der Waals surface area contributed by atoms with E-state index < -0.39 is 17.4 Å². The Labute approximate surface area is 77.7 Å². The molecule has 0 bridgehead atoms. The summed E-state index contributed by atoms with van der Waals surface area (Å²) in [7, 11) is 0. The third kappa shape index (κ3) is 1.50. The summed E-state index contributed by atoms with van der Waals surface area (Å²) in [5, 5.41) is 3.41. The highest BCUT2D eigenvalue weighted by molar-refractivity contribution is 9.10. The predicted octanol–water partition coefficient (Wildman–Crippen LogP) is 2.68. The SMILES string of the molecule is CC(C)(C)n1nc(F)c(Br)c1F. The molecule has 1 aromatic rings. The van der Waals surface area contributed by atoms with Crippen molar-refractivity contribution in [2.75, 3.05) is 0 Å². The lowest BCUT2D eigenvalue weighted by molar-refractivity contribution is 0.292. The molecule has 0 aliphatic heterocycles. The number of nitrogens with zero attached hydrogens (tertiary/aromatic N) is 2. The van der Waals surface area contributed by atoms with Crippen LogP contribution in [0.1, 0.15) is 20.8 Å². The van der Waals surface area contributed by atoms with Gasteiger partial charge >= 0.3 is 0 Å². The summed E-state index contributed by atoms with van der Waals surface area (Å²) >= 11 is 2.76. The van der Waals surface area contributed by atoms with Crippen molar-refractivity contribution < 1.29 is 8.78 Å². The minimum absolute atomic E-state index is 0.211. The Morgan fingerprint density at radius 3 is 2.00 bits per heavy atom. The highest BCUT2D eigenvalue weighted by Gasteiger charge is 2.23. The molecule has 68 valence electrons. The zero-order valence-electron chi connectivity index (χ0n) is 7.03. The summed E-state index contributed by atoms with van der Waals surface area (Å²) in [5.41, 5.74) is -0.545. The zero-order valence-corrected chi connectivity index (χ0v) is 8.61. The van der Waals surface area contributed by atoms with Crippen LogP contribution in [-0.2, 0) is 5.54 Å². The molecule has 0 aromatic carbocycles. The Balaban J connectivity index is 3.28. The molecule has 0 amide bonds. The molecule has 2 nitrogen and oxygen atoms in total. The van der Waals surface area contributed by atoms with Gasteiger partial charge in [0, 0.05) is 0 Å². The standard InChI is InChI=1S/C7H9BrF2N2/c1-7(2,3)12-6(10)4(8)5(9)11-12/h1-3H3. The number of halogens is 3. The van der Waals surface area contributed by atoms with Crippen molar-refractivity contribution in [2.45, 2.75) is 26.3 Å². The molecule has 0 saturated carbocycles. The second kappa shape index (κ2) is 2.80. The van der Waals surface area contributed by atoms with Gasteiger partial charge in [0.15, 0.2) is 0 Å². The molecule has 0 spiro atoms. The van der Waals surface area contributed by atoms with Crippen molar-refractivity contribution in [3.05, 3.63) is 16.4 Å². The highest BCUT2D eigenvalue weighted by Crippen LogP contribution is 2.23. The summed E-state index contributed by atoms with van der Waals surface area (Å²) in [6.07, 6.45) is 0. The Hall–Kier alpha value is -0.450. The molecule has 1 aromatic heterocycles. The van der Waals surface area contributed by atoms with Crippen LogP contribution >= 0.6 is 15.9 Å². The summed E-state index contributed by atoms with van der Waals surface area (Å²) in [6.45, 7) is 5.24. The molecule has 1 rings (SSSR count). The maximum atomic E-state index is 13.1. The van der Waals surface area contributed by atoms with Crippen molar-refractivity contribution in [1.82, 2.24) is 9.78 Å². The first kappa shape index (κ1) is 9.64. The molecule has 12 heavy (non-hydrogen) atoms. The first-order chi connectivity index (χ1) is 5.34. The van der Waals surface area contributed by atoms with Gasteiger partial charge in [-0.25, -0.2) is 4.68 Å². The first-order valence-corrected chi connectivity index (χ1v) is 4.23. The first-order valence-electron chi connectivity index (χ1n) is 3.44. The van der Waals surface area contributed by atoms with Crippen LogP contribution in [0.5, 0.6) is 0 Å². The fraction of sp³-hybridized carbons (Fsp3) is 0.571. The maximum Gasteiger partial charge on any atom is 0.250 e. The normalized spacial score (nSPS) is 12.2. The van der Waals surface area contributed by atoms with Crippen molar-refractivity contribution in [3.63, 3.8) is 0 Å². The molecule has 1 heterocycles. The monoisotopic (exact) mass is 238 g/mol. The number of rotatable bonds is 0. The van der Waals surface area contributed by atoms with E-state index in [4.69, 9.17) is 0 Å². The van der Waals surface area contributed by atoms with E-state index >= 15 is 0 Å². The molecule has 0 radical (unpaired) electrons. The van der Waals surface area contributed by atoms with Gasteiger partial charge in [-0.15, -0.1) is 5.10 Å². The minimum Gasteiger partial charge on any atom is -0.230 e. The summed E-state index contributed by atoms with van der Waals surface area (Å²) < 4.78 is 26.6. The molecule has 0 aliphatic carbocycles. The van der Waals surface area contributed by atoms with Crippen molar-refractivity contribution in [3.8, 4) is 0 Å². The topological polar surface area (TPSA) is 17.8 Å². The van der Waals surface area contributed by atoms with Gasteiger partial charge in [0.05, 0.1) is 5.54 Å². The fourth-order valence-corrected chi connectivity index (χ4v) is 1.05. The number of aromatic nitrogens is 2. The van der Waals surface area contributed by atoms with E-state index in [0.717, 1.165) is 4.68 Å². The maximum absolute atomic E-state index is 13.1. The second-order valence-electron chi connectivity index (χ2n) is 3.48. The molecule has 0 unspecified atom stereocenters. The lowest BCUT2D eigenvalue weighted by Crippen LogP contribution is -2.24. The van der Waals surface area contributed by atoms with Gasteiger partial charge in [0.2, 0.25) is 11.9 Å². The smallest absolute Gasteiger partial charge is 0.230 e. The minimum atomic E-state index is -0.817. The number of hydrogen-bond donors (Lipinski definition) is 0. The Bertz CT molecular complexity index is 301. The van der Waals surface area contributed by atoms with Crippen molar-refractivity contribution >= 4 is 15.9 Å².